The van der Waals surface area contributed by atoms with Gasteiger partial charge >= 0.3 is 0 Å². The van der Waals surface area contributed by atoms with Gasteiger partial charge in [-0.05, 0) is 13.0 Å². The first-order chi connectivity index (χ1) is 7.15. The second-order valence-corrected chi connectivity index (χ2v) is 3.52. The van der Waals surface area contributed by atoms with Gasteiger partial charge in [-0.2, -0.15) is 0 Å². The van der Waals surface area contributed by atoms with E-state index in [2.05, 4.69) is 10.3 Å². The molecule has 82 valence electrons. The predicted octanol–water partition coefficient (Wildman–Crippen LogP) is 1.50. The first-order valence-electron chi connectivity index (χ1n) is 4.55. The van der Waals surface area contributed by atoms with Crippen LogP contribution in [0.4, 0.5) is 0 Å². The Kier molecular flexibility index (Phi) is 4.52. The van der Waals surface area contributed by atoms with Crippen molar-refractivity contribution in [1.29, 1.82) is 0 Å². The maximum atomic E-state index is 11.6. The van der Waals surface area contributed by atoms with E-state index in [1.54, 1.807) is 13.2 Å². The van der Waals surface area contributed by atoms with E-state index in [1.807, 2.05) is 6.92 Å². The highest BCUT2D eigenvalue weighted by Gasteiger charge is 2.10. The summed E-state index contributed by atoms with van der Waals surface area (Å²) in [4.78, 5) is 15.4. The van der Waals surface area contributed by atoms with E-state index in [0.717, 1.165) is 0 Å². The number of hydrogen-bond donors (Lipinski definition) is 1. The minimum Gasteiger partial charge on any atom is -0.380 e. The van der Waals surface area contributed by atoms with Crippen molar-refractivity contribution in [2.75, 3.05) is 13.7 Å². The van der Waals surface area contributed by atoms with E-state index in [1.165, 1.54) is 12.4 Å². The molecule has 1 unspecified atom stereocenters. The third kappa shape index (κ3) is 3.49. The van der Waals surface area contributed by atoms with Crippen LogP contribution in [-0.2, 0) is 4.74 Å². The maximum absolute atomic E-state index is 11.6. The topological polar surface area (TPSA) is 51.2 Å². The number of aromatic nitrogens is 1. The number of carbonyl (C=O) groups excluding carboxylic acids is 1. The predicted molar refractivity (Wildman–Crippen MR) is 58.1 cm³/mol. The van der Waals surface area contributed by atoms with Crippen LogP contribution in [0, 0.1) is 0 Å². The summed E-state index contributed by atoms with van der Waals surface area (Å²) in [6.07, 6.45) is 2.95. The van der Waals surface area contributed by atoms with Crippen molar-refractivity contribution in [1.82, 2.24) is 10.3 Å². The average molecular weight is 229 g/mol. The summed E-state index contributed by atoms with van der Waals surface area (Å²) < 4.78 is 5.01. The molecule has 1 rings (SSSR count). The van der Waals surface area contributed by atoms with Crippen molar-refractivity contribution in [3.05, 3.63) is 29.0 Å². The minimum atomic E-state index is -0.216. The first-order valence-corrected chi connectivity index (χ1v) is 4.93. The van der Waals surface area contributed by atoms with E-state index in [0.29, 0.717) is 17.1 Å². The molecule has 1 heterocycles. The number of amides is 1. The van der Waals surface area contributed by atoms with Gasteiger partial charge in [-0.25, -0.2) is 0 Å². The molecule has 5 heteroatoms. The lowest BCUT2D eigenvalue weighted by Gasteiger charge is -2.11. The molecule has 0 spiro atoms. The monoisotopic (exact) mass is 228 g/mol. The molecule has 4 nitrogen and oxygen atoms in total. The quantitative estimate of drug-likeness (QED) is 0.850. The molecule has 0 fully saturated rings. The smallest absolute Gasteiger partial charge is 0.252 e. The Morgan fingerprint density at radius 2 is 2.47 bits per heavy atom. The summed E-state index contributed by atoms with van der Waals surface area (Å²) >= 11 is 5.81. The third-order valence-electron chi connectivity index (χ3n) is 1.97. The van der Waals surface area contributed by atoms with Crippen molar-refractivity contribution in [3.63, 3.8) is 0 Å². The number of methoxy groups -OCH3 is 1. The maximum Gasteiger partial charge on any atom is 0.252 e. The Bertz CT molecular complexity index is 344. The zero-order valence-corrected chi connectivity index (χ0v) is 9.41. The summed E-state index contributed by atoms with van der Waals surface area (Å²) in [7, 11) is 1.59. The fourth-order valence-electron chi connectivity index (χ4n) is 0.974. The van der Waals surface area contributed by atoms with Crippen molar-refractivity contribution in [2.24, 2.45) is 0 Å². The fraction of sp³-hybridized carbons (Fsp3) is 0.400. The van der Waals surface area contributed by atoms with Crippen LogP contribution in [0.1, 0.15) is 17.3 Å². The first kappa shape index (κ1) is 11.9. The molecule has 0 saturated heterocycles. The molecule has 0 aliphatic heterocycles. The molecule has 1 atom stereocenters. The summed E-state index contributed by atoms with van der Waals surface area (Å²) in [5.41, 5.74) is 0.426. The van der Waals surface area contributed by atoms with Crippen LogP contribution in [-0.4, -0.2) is 30.6 Å². The van der Waals surface area contributed by atoms with Gasteiger partial charge in [0.15, 0.2) is 0 Å². The number of halogens is 1. The van der Waals surface area contributed by atoms with Gasteiger partial charge in [-0.15, -0.1) is 0 Å². The molecular weight excluding hydrogens is 216 g/mol. The van der Waals surface area contributed by atoms with Crippen molar-refractivity contribution < 1.29 is 9.53 Å². The highest BCUT2D eigenvalue weighted by Crippen LogP contribution is 2.12. The van der Waals surface area contributed by atoms with Gasteiger partial charge in [-0.1, -0.05) is 11.6 Å². The van der Waals surface area contributed by atoms with Crippen LogP contribution in [0.5, 0.6) is 0 Å². The van der Waals surface area contributed by atoms with E-state index >= 15 is 0 Å². The molecule has 0 radical (unpaired) electrons. The summed E-state index contributed by atoms with van der Waals surface area (Å²) in [5, 5.41) is 3.06. The van der Waals surface area contributed by atoms with E-state index in [-0.39, 0.29) is 12.0 Å². The standard InChI is InChI=1S/C10H13ClN2O2/c1-7(15-2)5-13-10(14)8-3-4-12-6-9(8)11/h3-4,6-7H,5H2,1-2H3,(H,13,14). The van der Waals surface area contributed by atoms with Gasteiger partial charge < -0.3 is 10.1 Å². The van der Waals surface area contributed by atoms with Crippen molar-refractivity contribution in [3.8, 4) is 0 Å². The van der Waals surface area contributed by atoms with Crippen LogP contribution in [0.25, 0.3) is 0 Å². The fourth-order valence-corrected chi connectivity index (χ4v) is 1.18. The largest absolute Gasteiger partial charge is 0.380 e. The van der Waals surface area contributed by atoms with Gasteiger partial charge in [0.1, 0.15) is 0 Å². The molecule has 1 amide bonds. The lowest BCUT2D eigenvalue weighted by Crippen LogP contribution is -2.31. The molecule has 0 aliphatic rings. The van der Waals surface area contributed by atoms with Gasteiger partial charge in [-0.3, -0.25) is 9.78 Å². The lowest BCUT2D eigenvalue weighted by atomic mass is 10.2. The molecule has 0 saturated carbocycles. The summed E-state index contributed by atoms with van der Waals surface area (Å²) in [6.45, 7) is 2.32. The molecule has 1 aromatic rings. The van der Waals surface area contributed by atoms with Gasteiger partial charge in [0, 0.05) is 26.0 Å². The van der Waals surface area contributed by atoms with Crippen LogP contribution >= 0.6 is 11.6 Å². The Balaban J connectivity index is 2.58. The molecular formula is C10H13ClN2O2. The second kappa shape index (κ2) is 5.68. The second-order valence-electron chi connectivity index (χ2n) is 3.11. The van der Waals surface area contributed by atoms with Crippen LogP contribution in [0.2, 0.25) is 5.02 Å². The number of rotatable bonds is 4. The van der Waals surface area contributed by atoms with Crippen LogP contribution in [0.15, 0.2) is 18.5 Å². The van der Waals surface area contributed by atoms with Crippen molar-refractivity contribution >= 4 is 17.5 Å². The average Bonchev–Trinajstić information content (AvgIpc) is 2.26. The zero-order valence-electron chi connectivity index (χ0n) is 8.66. The molecule has 0 aliphatic carbocycles. The Hall–Kier alpha value is -1.13. The van der Waals surface area contributed by atoms with E-state index in [9.17, 15) is 4.79 Å². The highest BCUT2D eigenvalue weighted by atomic mass is 35.5. The zero-order chi connectivity index (χ0) is 11.3. The van der Waals surface area contributed by atoms with Crippen LogP contribution < -0.4 is 5.32 Å². The summed E-state index contributed by atoms with van der Waals surface area (Å²) in [5.74, 6) is -0.216. The molecule has 0 aromatic carbocycles. The van der Waals surface area contributed by atoms with E-state index in [4.69, 9.17) is 16.3 Å². The number of hydrogen-bond acceptors (Lipinski definition) is 3. The van der Waals surface area contributed by atoms with Crippen molar-refractivity contribution in [2.45, 2.75) is 13.0 Å². The Labute approximate surface area is 93.6 Å². The molecule has 1 aromatic heterocycles. The van der Waals surface area contributed by atoms with Gasteiger partial charge in [0.05, 0.1) is 16.7 Å². The van der Waals surface area contributed by atoms with Gasteiger partial charge in [0.25, 0.3) is 5.91 Å². The van der Waals surface area contributed by atoms with E-state index < -0.39 is 0 Å². The number of ether oxygens (including phenoxy) is 1. The molecule has 15 heavy (non-hydrogen) atoms. The third-order valence-corrected chi connectivity index (χ3v) is 2.27. The Morgan fingerprint density at radius 1 is 1.73 bits per heavy atom. The number of pyridine rings is 1. The Morgan fingerprint density at radius 3 is 3.07 bits per heavy atom. The van der Waals surface area contributed by atoms with Crippen LogP contribution in [0.3, 0.4) is 0 Å². The minimum absolute atomic E-state index is 0.0189. The van der Waals surface area contributed by atoms with Gasteiger partial charge in [0.2, 0.25) is 0 Å². The SMILES string of the molecule is COC(C)CNC(=O)c1ccncc1Cl. The highest BCUT2D eigenvalue weighted by molar-refractivity contribution is 6.33. The normalized spacial score (nSPS) is 12.2. The number of nitrogens with one attached hydrogen (secondary N) is 1. The number of nitrogens with zero attached hydrogens (tertiary/aromatic N) is 1. The number of carbonyl (C=O) groups is 1. The molecule has 1 N–H and O–H groups in total. The molecule has 0 bridgehead atoms. The summed E-state index contributed by atoms with van der Waals surface area (Å²) in [6, 6.07) is 1.58. The lowest BCUT2D eigenvalue weighted by molar-refractivity contribution is 0.0870.